The fraction of sp³-hybridized carbons (Fsp3) is 0.429. The van der Waals surface area contributed by atoms with Crippen LogP contribution in [0.4, 0.5) is 0 Å². The van der Waals surface area contributed by atoms with Gasteiger partial charge in [0.1, 0.15) is 0 Å². The monoisotopic (exact) mass is 110 g/mol. The Balaban J connectivity index is 3.68. The highest BCUT2D eigenvalue weighted by molar-refractivity contribution is 5.24. The van der Waals surface area contributed by atoms with Crippen molar-refractivity contribution in [3.05, 3.63) is 12.2 Å². The second kappa shape index (κ2) is 3.29. The van der Waals surface area contributed by atoms with E-state index in [2.05, 4.69) is 12.5 Å². The molecule has 0 spiro atoms. The van der Waals surface area contributed by atoms with Gasteiger partial charge in [0.15, 0.2) is 0 Å². The second-order valence-electron chi connectivity index (χ2n) is 1.59. The van der Waals surface area contributed by atoms with Gasteiger partial charge in [-0.2, -0.15) is 0 Å². The van der Waals surface area contributed by atoms with Gasteiger partial charge < -0.3 is 5.11 Å². The third kappa shape index (κ3) is 1.81. The normalized spacial score (nSPS) is 12.1. The molecule has 44 valence electrons. The largest absolute Gasteiger partial charge is 0.388 e. The van der Waals surface area contributed by atoms with Crippen LogP contribution < -0.4 is 0 Å². The van der Waals surface area contributed by atoms with E-state index in [-0.39, 0.29) is 0 Å². The zero-order valence-electron chi connectivity index (χ0n) is 5.02. The Morgan fingerprint density at radius 3 is 2.62 bits per heavy atom. The van der Waals surface area contributed by atoms with Crippen LogP contribution in [-0.4, -0.2) is 11.2 Å². The van der Waals surface area contributed by atoms with Crippen LogP contribution >= 0.6 is 0 Å². The molecule has 1 N–H and O–H groups in total. The van der Waals surface area contributed by atoms with E-state index in [0.717, 1.165) is 0 Å². The van der Waals surface area contributed by atoms with Gasteiger partial charge in [-0.05, 0) is 6.42 Å². The first-order chi connectivity index (χ1) is 3.72. The molecule has 1 nitrogen and oxygen atoms in total. The fourth-order valence-corrected chi connectivity index (χ4v) is 0.343. The van der Waals surface area contributed by atoms with E-state index >= 15 is 0 Å². The summed E-state index contributed by atoms with van der Waals surface area (Å²) in [5.74, 6) is 2.27. The maximum absolute atomic E-state index is 8.88. The Labute approximate surface area is 50.0 Å². The lowest BCUT2D eigenvalue weighted by Gasteiger charge is -2.02. The van der Waals surface area contributed by atoms with Gasteiger partial charge in [-0.3, -0.25) is 0 Å². The molecule has 0 saturated heterocycles. The minimum Gasteiger partial charge on any atom is -0.388 e. The number of aliphatic hydroxyl groups excluding tert-OH is 1. The van der Waals surface area contributed by atoms with E-state index in [9.17, 15) is 0 Å². The van der Waals surface area contributed by atoms with E-state index < -0.39 is 6.10 Å². The summed E-state index contributed by atoms with van der Waals surface area (Å²) in [6.45, 7) is 5.31. The lowest BCUT2D eigenvalue weighted by Crippen LogP contribution is -2.04. The predicted octanol–water partition coefficient (Wildman–Crippen LogP) is 0.947. The molecule has 0 aromatic rings. The molecule has 0 fully saturated rings. The molecular formula is C7H10O. The quantitative estimate of drug-likeness (QED) is 0.525. The van der Waals surface area contributed by atoms with Gasteiger partial charge in [0, 0.05) is 5.57 Å². The summed E-state index contributed by atoms with van der Waals surface area (Å²) in [7, 11) is 0. The molecule has 0 aliphatic carbocycles. The van der Waals surface area contributed by atoms with E-state index in [1.165, 1.54) is 0 Å². The van der Waals surface area contributed by atoms with Crippen molar-refractivity contribution in [2.24, 2.45) is 0 Å². The van der Waals surface area contributed by atoms with Crippen molar-refractivity contribution < 1.29 is 5.11 Å². The van der Waals surface area contributed by atoms with Gasteiger partial charge in [0.2, 0.25) is 0 Å². The van der Waals surface area contributed by atoms with E-state index in [0.29, 0.717) is 12.0 Å². The molecule has 0 aliphatic heterocycles. The molecule has 0 heterocycles. The van der Waals surface area contributed by atoms with Gasteiger partial charge in [-0.15, -0.1) is 6.42 Å². The van der Waals surface area contributed by atoms with Crippen LogP contribution in [0, 0.1) is 12.3 Å². The molecule has 8 heavy (non-hydrogen) atoms. The van der Waals surface area contributed by atoms with Crippen LogP contribution in [0.2, 0.25) is 0 Å². The highest BCUT2D eigenvalue weighted by Gasteiger charge is 1.99. The highest BCUT2D eigenvalue weighted by Crippen LogP contribution is 1.99. The van der Waals surface area contributed by atoms with Crippen LogP contribution in [0.3, 0.4) is 0 Å². The first-order valence-electron chi connectivity index (χ1n) is 2.55. The summed E-state index contributed by atoms with van der Waals surface area (Å²) < 4.78 is 0. The molecule has 0 aliphatic rings. The Morgan fingerprint density at radius 2 is 2.50 bits per heavy atom. The molecule has 1 unspecified atom stereocenters. The minimum absolute atomic E-state index is 0.465. The number of hydrogen-bond acceptors (Lipinski definition) is 1. The smallest absolute Gasteiger partial charge is 0.0859 e. The Morgan fingerprint density at radius 1 is 2.00 bits per heavy atom. The van der Waals surface area contributed by atoms with Crippen molar-refractivity contribution in [1.29, 1.82) is 0 Å². The number of terminal acetylenes is 1. The SMILES string of the molecule is C#CC(=C)C(O)CC. The molecule has 1 atom stereocenters. The van der Waals surface area contributed by atoms with Gasteiger partial charge in [0.05, 0.1) is 6.10 Å². The number of hydrogen-bond donors (Lipinski definition) is 1. The molecule has 0 amide bonds. The standard InChI is InChI=1S/C7H10O/c1-4-6(3)7(8)5-2/h1,7-8H,3,5H2,2H3. The molecule has 0 radical (unpaired) electrons. The zero-order chi connectivity index (χ0) is 6.57. The molecule has 1 heteroatoms. The Bertz CT molecular complexity index is 119. The maximum Gasteiger partial charge on any atom is 0.0859 e. The van der Waals surface area contributed by atoms with Crippen molar-refractivity contribution >= 4 is 0 Å². The van der Waals surface area contributed by atoms with Gasteiger partial charge in [-0.1, -0.05) is 19.4 Å². The molecule has 0 saturated carbocycles. The average Bonchev–Trinajstić information content (AvgIpc) is 1.84. The van der Waals surface area contributed by atoms with Crippen molar-refractivity contribution in [3.63, 3.8) is 0 Å². The zero-order valence-corrected chi connectivity index (χ0v) is 5.02. The predicted molar refractivity (Wildman–Crippen MR) is 34.3 cm³/mol. The highest BCUT2D eigenvalue weighted by atomic mass is 16.3. The Hall–Kier alpha value is -0.740. The average molecular weight is 110 g/mol. The summed E-state index contributed by atoms with van der Waals surface area (Å²) in [6.07, 6.45) is 5.07. The van der Waals surface area contributed by atoms with Gasteiger partial charge in [0.25, 0.3) is 0 Å². The molecule has 0 rings (SSSR count). The van der Waals surface area contributed by atoms with E-state index in [4.69, 9.17) is 11.5 Å². The summed E-state index contributed by atoms with van der Waals surface area (Å²) >= 11 is 0. The molecule has 0 bridgehead atoms. The topological polar surface area (TPSA) is 20.2 Å². The lowest BCUT2D eigenvalue weighted by atomic mass is 10.1. The lowest BCUT2D eigenvalue weighted by molar-refractivity contribution is 0.212. The van der Waals surface area contributed by atoms with Crippen molar-refractivity contribution in [1.82, 2.24) is 0 Å². The van der Waals surface area contributed by atoms with Crippen LogP contribution in [0.1, 0.15) is 13.3 Å². The first-order valence-corrected chi connectivity index (χ1v) is 2.55. The van der Waals surface area contributed by atoms with Gasteiger partial charge >= 0.3 is 0 Å². The van der Waals surface area contributed by atoms with E-state index in [1.54, 1.807) is 0 Å². The summed E-state index contributed by atoms with van der Waals surface area (Å²) in [4.78, 5) is 0. The van der Waals surface area contributed by atoms with Crippen molar-refractivity contribution in [2.45, 2.75) is 19.4 Å². The number of rotatable bonds is 2. The fourth-order valence-electron chi connectivity index (χ4n) is 0.343. The molecular weight excluding hydrogens is 100 g/mol. The second-order valence-corrected chi connectivity index (χ2v) is 1.59. The van der Waals surface area contributed by atoms with Gasteiger partial charge in [-0.25, -0.2) is 0 Å². The third-order valence-corrected chi connectivity index (χ3v) is 0.974. The van der Waals surface area contributed by atoms with Crippen LogP contribution in [0.25, 0.3) is 0 Å². The molecule has 0 aromatic heterocycles. The summed E-state index contributed by atoms with van der Waals surface area (Å²) in [6, 6.07) is 0. The summed E-state index contributed by atoms with van der Waals surface area (Å²) in [5, 5.41) is 8.88. The van der Waals surface area contributed by atoms with Crippen LogP contribution in [-0.2, 0) is 0 Å². The number of aliphatic hydroxyl groups is 1. The maximum atomic E-state index is 8.88. The van der Waals surface area contributed by atoms with Crippen molar-refractivity contribution in [3.8, 4) is 12.3 Å². The summed E-state index contributed by atoms with van der Waals surface area (Å²) in [5.41, 5.74) is 0.465. The Kier molecular flexibility index (Phi) is 2.98. The van der Waals surface area contributed by atoms with Crippen molar-refractivity contribution in [2.75, 3.05) is 0 Å². The van der Waals surface area contributed by atoms with E-state index in [1.807, 2.05) is 6.92 Å². The third-order valence-electron chi connectivity index (χ3n) is 0.974. The van der Waals surface area contributed by atoms with Crippen LogP contribution in [0.15, 0.2) is 12.2 Å². The first kappa shape index (κ1) is 7.26. The molecule has 0 aromatic carbocycles. The minimum atomic E-state index is -0.514. The van der Waals surface area contributed by atoms with Crippen LogP contribution in [0.5, 0.6) is 0 Å².